The lowest BCUT2D eigenvalue weighted by Gasteiger charge is -2.23. The van der Waals surface area contributed by atoms with Crippen LogP contribution in [0.4, 0.5) is 0 Å². The summed E-state index contributed by atoms with van der Waals surface area (Å²) in [5.41, 5.74) is 2.92. The smallest absolute Gasteiger partial charge is 0.247 e. The third-order valence-corrected chi connectivity index (χ3v) is 4.92. The third-order valence-electron chi connectivity index (χ3n) is 4.92. The number of amides is 1. The van der Waals surface area contributed by atoms with Crippen LogP contribution in [0, 0.1) is 0 Å². The van der Waals surface area contributed by atoms with E-state index in [4.69, 9.17) is 4.98 Å². The van der Waals surface area contributed by atoms with E-state index >= 15 is 0 Å². The van der Waals surface area contributed by atoms with Gasteiger partial charge >= 0.3 is 0 Å². The lowest BCUT2D eigenvalue weighted by Crippen LogP contribution is -2.30. The van der Waals surface area contributed by atoms with Gasteiger partial charge in [0.1, 0.15) is 5.82 Å². The fourth-order valence-corrected chi connectivity index (χ4v) is 3.71. The maximum Gasteiger partial charge on any atom is 0.247 e. The van der Waals surface area contributed by atoms with Crippen molar-refractivity contribution in [2.75, 3.05) is 6.54 Å². The standard InChI is InChI=1S/C21H22N4O/c1-2-24-18-10-4-3-9-17(18)23-21(24)19-11-7-15-25(19)20(26)13-12-16-8-5-6-14-22-16/h3-6,8-10,12-14,19H,2,7,11,15H2,1H3/b13-12+. The topological polar surface area (TPSA) is 51.0 Å². The molecule has 1 unspecified atom stereocenters. The summed E-state index contributed by atoms with van der Waals surface area (Å²) >= 11 is 0. The first-order valence-corrected chi connectivity index (χ1v) is 9.13. The highest BCUT2D eigenvalue weighted by atomic mass is 16.2. The lowest BCUT2D eigenvalue weighted by atomic mass is 10.2. The lowest BCUT2D eigenvalue weighted by molar-refractivity contribution is -0.127. The average molecular weight is 346 g/mol. The number of likely N-dealkylation sites (tertiary alicyclic amines) is 1. The van der Waals surface area contributed by atoms with Crippen molar-refractivity contribution in [1.29, 1.82) is 0 Å². The van der Waals surface area contributed by atoms with Crippen LogP contribution in [0.2, 0.25) is 0 Å². The van der Waals surface area contributed by atoms with E-state index in [1.54, 1.807) is 18.3 Å². The van der Waals surface area contributed by atoms with Gasteiger partial charge in [-0.05, 0) is 50.1 Å². The molecule has 26 heavy (non-hydrogen) atoms. The first-order chi connectivity index (χ1) is 12.8. The summed E-state index contributed by atoms with van der Waals surface area (Å²) in [4.78, 5) is 23.8. The summed E-state index contributed by atoms with van der Waals surface area (Å²) in [6.45, 7) is 3.74. The fraction of sp³-hybridized carbons (Fsp3) is 0.286. The molecule has 2 aromatic heterocycles. The van der Waals surface area contributed by atoms with Crippen molar-refractivity contribution in [3.63, 3.8) is 0 Å². The van der Waals surface area contributed by atoms with E-state index < -0.39 is 0 Å². The molecule has 0 spiro atoms. The maximum absolute atomic E-state index is 12.8. The van der Waals surface area contributed by atoms with Gasteiger partial charge in [0, 0.05) is 25.4 Å². The Hall–Kier alpha value is -2.95. The molecule has 0 radical (unpaired) electrons. The van der Waals surface area contributed by atoms with Gasteiger partial charge in [0.25, 0.3) is 0 Å². The van der Waals surface area contributed by atoms with E-state index in [9.17, 15) is 4.79 Å². The molecule has 0 bridgehead atoms. The molecule has 1 amide bonds. The molecule has 4 rings (SSSR count). The number of nitrogens with zero attached hydrogens (tertiary/aromatic N) is 4. The molecule has 1 saturated heterocycles. The predicted molar refractivity (Wildman–Crippen MR) is 102 cm³/mol. The maximum atomic E-state index is 12.8. The largest absolute Gasteiger partial charge is 0.329 e. The highest BCUT2D eigenvalue weighted by Gasteiger charge is 2.32. The minimum absolute atomic E-state index is 0.0212. The number of carbonyl (C=O) groups is 1. The van der Waals surface area contributed by atoms with Gasteiger partial charge in [-0.3, -0.25) is 9.78 Å². The summed E-state index contributed by atoms with van der Waals surface area (Å²) in [5, 5.41) is 0. The molecule has 0 aliphatic carbocycles. The third kappa shape index (κ3) is 3.01. The van der Waals surface area contributed by atoms with Crippen LogP contribution >= 0.6 is 0 Å². The number of hydrogen-bond donors (Lipinski definition) is 0. The number of aryl methyl sites for hydroxylation is 1. The van der Waals surface area contributed by atoms with Gasteiger partial charge < -0.3 is 9.47 Å². The first kappa shape index (κ1) is 16.5. The number of carbonyl (C=O) groups excluding carboxylic acids is 1. The van der Waals surface area contributed by atoms with Crippen molar-refractivity contribution >= 4 is 23.0 Å². The van der Waals surface area contributed by atoms with Crippen molar-refractivity contribution in [2.24, 2.45) is 0 Å². The molecule has 1 aliphatic heterocycles. The molecule has 3 aromatic rings. The van der Waals surface area contributed by atoms with Gasteiger partial charge in [-0.15, -0.1) is 0 Å². The first-order valence-electron chi connectivity index (χ1n) is 9.13. The van der Waals surface area contributed by atoms with E-state index in [-0.39, 0.29) is 11.9 Å². The highest BCUT2D eigenvalue weighted by molar-refractivity contribution is 5.92. The number of aromatic nitrogens is 3. The fourth-order valence-electron chi connectivity index (χ4n) is 3.71. The molecule has 0 saturated carbocycles. The normalized spacial score (nSPS) is 17.4. The summed E-state index contributed by atoms with van der Waals surface area (Å²) in [7, 11) is 0. The molecular formula is C21H22N4O. The average Bonchev–Trinajstić information content (AvgIpc) is 3.31. The van der Waals surface area contributed by atoms with Crippen LogP contribution in [0.1, 0.15) is 37.3 Å². The zero-order chi connectivity index (χ0) is 17.9. The Kier molecular flexibility index (Phi) is 4.52. The molecule has 0 N–H and O–H groups in total. The molecule has 5 heteroatoms. The zero-order valence-electron chi connectivity index (χ0n) is 14.9. The Bertz CT molecular complexity index is 945. The molecule has 5 nitrogen and oxygen atoms in total. The van der Waals surface area contributed by atoms with Crippen molar-refractivity contribution in [3.8, 4) is 0 Å². The van der Waals surface area contributed by atoms with E-state index in [0.29, 0.717) is 0 Å². The van der Waals surface area contributed by atoms with E-state index in [2.05, 4.69) is 22.5 Å². The Morgan fingerprint density at radius 3 is 2.88 bits per heavy atom. The number of hydrogen-bond acceptors (Lipinski definition) is 3. The molecule has 3 heterocycles. The number of benzene rings is 1. The van der Waals surface area contributed by atoms with Gasteiger partial charge in [-0.1, -0.05) is 18.2 Å². The number of fused-ring (bicyclic) bond motifs is 1. The number of imidazole rings is 1. The second kappa shape index (κ2) is 7.12. The number of rotatable bonds is 4. The van der Waals surface area contributed by atoms with Crippen molar-refractivity contribution in [3.05, 3.63) is 66.3 Å². The van der Waals surface area contributed by atoms with Crippen LogP contribution in [0.15, 0.2) is 54.7 Å². The summed E-state index contributed by atoms with van der Waals surface area (Å²) in [6.07, 6.45) is 7.08. The minimum Gasteiger partial charge on any atom is -0.329 e. The van der Waals surface area contributed by atoms with Crippen LogP contribution in [0.25, 0.3) is 17.1 Å². The number of pyridine rings is 1. The quantitative estimate of drug-likeness (QED) is 0.675. The second-order valence-electron chi connectivity index (χ2n) is 6.48. The van der Waals surface area contributed by atoms with Crippen LogP contribution in [0.3, 0.4) is 0 Å². The van der Waals surface area contributed by atoms with E-state index in [0.717, 1.165) is 48.5 Å². The Labute approximate surface area is 153 Å². The van der Waals surface area contributed by atoms with E-state index in [1.807, 2.05) is 41.3 Å². The van der Waals surface area contributed by atoms with E-state index in [1.165, 1.54) is 0 Å². The van der Waals surface area contributed by atoms with Gasteiger partial charge in [-0.2, -0.15) is 0 Å². The monoisotopic (exact) mass is 346 g/mol. The zero-order valence-corrected chi connectivity index (χ0v) is 14.9. The van der Waals surface area contributed by atoms with Crippen LogP contribution < -0.4 is 0 Å². The van der Waals surface area contributed by atoms with Crippen molar-refractivity contribution < 1.29 is 4.79 Å². The summed E-state index contributed by atoms with van der Waals surface area (Å²) in [5.74, 6) is 1.01. The summed E-state index contributed by atoms with van der Waals surface area (Å²) in [6, 6.07) is 13.9. The van der Waals surface area contributed by atoms with Gasteiger partial charge in [0.05, 0.1) is 22.8 Å². The summed E-state index contributed by atoms with van der Waals surface area (Å²) < 4.78 is 2.23. The SMILES string of the molecule is CCn1c(C2CCCN2C(=O)/C=C/c2ccccn2)nc2ccccc21. The second-order valence-corrected chi connectivity index (χ2v) is 6.48. The van der Waals surface area contributed by atoms with Gasteiger partial charge in [0.15, 0.2) is 0 Å². The van der Waals surface area contributed by atoms with Gasteiger partial charge in [0.2, 0.25) is 5.91 Å². The highest BCUT2D eigenvalue weighted by Crippen LogP contribution is 2.33. The van der Waals surface area contributed by atoms with Crippen LogP contribution in [-0.4, -0.2) is 31.9 Å². The van der Waals surface area contributed by atoms with Crippen LogP contribution in [-0.2, 0) is 11.3 Å². The molecule has 132 valence electrons. The van der Waals surface area contributed by atoms with Crippen LogP contribution in [0.5, 0.6) is 0 Å². The van der Waals surface area contributed by atoms with Crippen molar-refractivity contribution in [2.45, 2.75) is 32.4 Å². The van der Waals surface area contributed by atoms with Gasteiger partial charge in [-0.25, -0.2) is 4.98 Å². The Balaban J connectivity index is 1.63. The number of para-hydroxylation sites is 2. The molecule has 1 atom stereocenters. The molecule has 1 aliphatic rings. The molecule has 1 aromatic carbocycles. The minimum atomic E-state index is 0.0212. The molecular weight excluding hydrogens is 324 g/mol. The Morgan fingerprint density at radius 2 is 2.08 bits per heavy atom. The Morgan fingerprint density at radius 1 is 1.23 bits per heavy atom. The predicted octanol–water partition coefficient (Wildman–Crippen LogP) is 3.83. The molecule has 1 fully saturated rings. The van der Waals surface area contributed by atoms with Crippen molar-refractivity contribution in [1.82, 2.24) is 19.4 Å².